The molecule has 0 radical (unpaired) electrons. The Bertz CT molecular complexity index is 212. The number of carboxylic acids is 1. The van der Waals surface area contributed by atoms with E-state index in [1.165, 1.54) is 19.5 Å². The number of carbonyl (C=O) groups is 1. The molecule has 2 rings (SSSR count). The maximum atomic E-state index is 10.6. The predicted molar refractivity (Wildman–Crippen MR) is 60.8 cm³/mol. The van der Waals surface area contributed by atoms with Crippen LogP contribution in [0.4, 0.5) is 0 Å². The number of aliphatic carboxylic acids is 1. The minimum atomic E-state index is -0.608. The molecular weight excluding hydrogens is 190 g/mol. The zero-order chi connectivity index (χ0) is 11.4. The van der Waals surface area contributed by atoms with Crippen molar-refractivity contribution < 1.29 is 9.90 Å². The van der Waals surface area contributed by atoms with E-state index in [-0.39, 0.29) is 5.92 Å². The maximum Gasteiger partial charge on any atom is 0.306 e. The molecule has 0 spiro atoms. The summed E-state index contributed by atoms with van der Waals surface area (Å²) in [6.45, 7) is 8.63. The van der Waals surface area contributed by atoms with Gasteiger partial charge in [-0.2, -0.15) is 0 Å². The molecule has 88 valence electrons. The summed E-state index contributed by atoms with van der Waals surface area (Å²) < 4.78 is 0. The third-order valence-corrected chi connectivity index (χ3v) is 3.43. The van der Waals surface area contributed by atoms with E-state index in [2.05, 4.69) is 11.8 Å². The zero-order valence-corrected chi connectivity index (χ0v) is 10.1. The third kappa shape index (κ3) is 2.94. The highest BCUT2D eigenvalue weighted by molar-refractivity contribution is 5.71. The Labute approximate surface area is 92.5 Å². The van der Waals surface area contributed by atoms with Gasteiger partial charge in [-0.05, 0) is 31.7 Å². The summed E-state index contributed by atoms with van der Waals surface area (Å²) in [4.78, 5) is 13.1. The van der Waals surface area contributed by atoms with Crippen LogP contribution in [0.15, 0.2) is 0 Å². The molecule has 1 aliphatic heterocycles. The summed E-state index contributed by atoms with van der Waals surface area (Å²) in [5.41, 5.74) is 0. The lowest BCUT2D eigenvalue weighted by molar-refractivity contribution is -0.146. The summed E-state index contributed by atoms with van der Waals surface area (Å²) in [5, 5.41) is 8.73. The molecule has 0 aromatic heterocycles. The Balaban J connectivity index is 0.000000531. The molecule has 0 aromatic carbocycles. The van der Waals surface area contributed by atoms with E-state index in [9.17, 15) is 4.79 Å². The van der Waals surface area contributed by atoms with E-state index in [4.69, 9.17) is 5.11 Å². The number of rotatable bonds is 2. The molecule has 1 saturated heterocycles. The van der Waals surface area contributed by atoms with Gasteiger partial charge < -0.3 is 10.0 Å². The van der Waals surface area contributed by atoms with Crippen molar-refractivity contribution in [1.82, 2.24) is 4.90 Å². The molecule has 1 unspecified atom stereocenters. The molecule has 0 aromatic rings. The fourth-order valence-corrected chi connectivity index (χ4v) is 2.39. The van der Waals surface area contributed by atoms with Crippen molar-refractivity contribution in [3.8, 4) is 0 Å². The Kier molecular flexibility index (Phi) is 4.58. The highest BCUT2D eigenvalue weighted by Crippen LogP contribution is 2.34. The van der Waals surface area contributed by atoms with Crippen molar-refractivity contribution in [2.75, 3.05) is 13.1 Å². The molecule has 1 atom stereocenters. The molecular formula is C12H23NO2. The highest BCUT2D eigenvalue weighted by atomic mass is 16.4. The quantitative estimate of drug-likeness (QED) is 0.764. The van der Waals surface area contributed by atoms with E-state index < -0.39 is 5.97 Å². The second kappa shape index (κ2) is 5.50. The number of nitrogens with zero attached hydrogens (tertiary/aromatic N) is 1. The smallest absolute Gasteiger partial charge is 0.306 e. The molecule has 1 N–H and O–H groups in total. The van der Waals surface area contributed by atoms with Crippen molar-refractivity contribution in [2.45, 2.75) is 46.1 Å². The predicted octanol–water partition coefficient (Wildman–Crippen LogP) is 2.22. The first-order valence-corrected chi connectivity index (χ1v) is 6.13. The van der Waals surface area contributed by atoms with Crippen molar-refractivity contribution in [2.24, 2.45) is 11.8 Å². The van der Waals surface area contributed by atoms with E-state index in [1.54, 1.807) is 0 Å². The summed E-state index contributed by atoms with van der Waals surface area (Å²) in [5.74, 6) is 0.147. The van der Waals surface area contributed by atoms with Crippen LogP contribution in [-0.4, -0.2) is 35.1 Å². The van der Waals surface area contributed by atoms with Crippen LogP contribution in [0.1, 0.15) is 40.0 Å². The van der Waals surface area contributed by atoms with Crippen molar-refractivity contribution >= 4 is 5.97 Å². The van der Waals surface area contributed by atoms with Gasteiger partial charge in [0.05, 0.1) is 5.92 Å². The largest absolute Gasteiger partial charge is 0.481 e. The van der Waals surface area contributed by atoms with Crippen LogP contribution in [0.2, 0.25) is 0 Å². The first-order valence-electron chi connectivity index (χ1n) is 6.13. The van der Waals surface area contributed by atoms with Gasteiger partial charge in [0.25, 0.3) is 0 Å². The van der Waals surface area contributed by atoms with Gasteiger partial charge in [-0.25, -0.2) is 0 Å². The lowest BCUT2D eigenvalue weighted by Crippen LogP contribution is -2.45. The van der Waals surface area contributed by atoms with E-state index in [0.29, 0.717) is 6.04 Å². The van der Waals surface area contributed by atoms with Gasteiger partial charge in [0, 0.05) is 12.6 Å². The maximum absolute atomic E-state index is 10.6. The van der Waals surface area contributed by atoms with Crippen LogP contribution in [0.5, 0.6) is 0 Å². The van der Waals surface area contributed by atoms with E-state index in [0.717, 1.165) is 18.8 Å². The monoisotopic (exact) mass is 213 g/mol. The fourth-order valence-electron chi connectivity index (χ4n) is 2.39. The molecule has 3 nitrogen and oxygen atoms in total. The summed E-state index contributed by atoms with van der Waals surface area (Å²) in [7, 11) is 0. The Morgan fingerprint density at radius 3 is 2.33 bits per heavy atom. The molecule has 2 aliphatic rings. The Morgan fingerprint density at radius 1 is 1.33 bits per heavy atom. The van der Waals surface area contributed by atoms with Gasteiger partial charge in [0.2, 0.25) is 0 Å². The Hall–Kier alpha value is -0.570. The molecule has 1 heterocycles. The van der Waals surface area contributed by atoms with Crippen molar-refractivity contribution in [3.05, 3.63) is 0 Å². The highest BCUT2D eigenvalue weighted by Gasteiger charge is 2.39. The van der Waals surface area contributed by atoms with Crippen molar-refractivity contribution in [1.29, 1.82) is 0 Å². The van der Waals surface area contributed by atoms with Crippen LogP contribution in [0.3, 0.4) is 0 Å². The lowest BCUT2D eigenvalue weighted by Gasteiger charge is -2.39. The average molecular weight is 213 g/mol. The van der Waals surface area contributed by atoms with Crippen LogP contribution in [0, 0.1) is 11.8 Å². The molecule has 0 amide bonds. The lowest BCUT2D eigenvalue weighted by atomic mass is 9.79. The zero-order valence-electron chi connectivity index (χ0n) is 10.1. The van der Waals surface area contributed by atoms with Gasteiger partial charge in [0.1, 0.15) is 0 Å². The van der Waals surface area contributed by atoms with Gasteiger partial charge >= 0.3 is 5.97 Å². The molecule has 1 aliphatic carbocycles. The summed E-state index contributed by atoms with van der Waals surface area (Å²) in [6.07, 6.45) is 3.04. The minimum Gasteiger partial charge on any atom is -0.481 e. The topological polar surface area (TPSA) is 40.5 Å². The number of hydrogen-bond acceptors (Lipinski definition) is 2. The second-order valence-corrected chi connectivity index (χ2v) is 4.55. The first-order chi connectivity index (χ1) is 7.16. The number of carboxylic acid groups (broad SMARTS) is 1. The SMILES string of the molecule is CC.CC1CCN(C2CC(C(=O)O)C2)C1. The average Bonchev–Trinajstić information content (AvgIpc) is 2.52. The first kappa shape index (κ1) is 12.5. The van der Waals surface area contributed by atoms with Gasteiger partial charge in [-0.15, -0.1) is 0 Å². The third-order valence-electron chi connectivity index (χ3n) is 3.43. The van der Waals surface area contributed by atoms with Crippen LogP contribution >= 0.6 is 0 Å². The molecule has 2 fully saturated rings. The summed E-state index contributed by atoms with van der Waals surface area (Å²) in [6, 6.07) is 0.575. The molecule has 0 bridgehead atoms. The van der Waals surface area contributed by atoms with Gasteiger partial charge in [0.15, 0.2) is 0 Å². The van der Waals surface area contributed by atoms with Gasteiger partial charge in [-0.1, -0.05) is 20.8 Å². The summed E-state index contributed by atoms with van der Waals surface area (Å²) >= 11 is 0. The standard InChI is InChI=1S/C10H17NO2.C2H6/c1-7-2-3-11(6-7)9-4-8(5-9)10(12)13;1-2/h7-9H,2-6H2,1H3,(H,12,13);1-2H3. The van der Waals surface area contributed by atoms with Gasteiger partial charge in [-0.3, -0.25) is 4.79 Å². The second-order valence-electron chi connectivity index (χ2n) is 4.55. The molecule has 1 saturated carbocycles. The Morgan fingerprint density at radius 2 is 1.93 bits per heavy atom. The molecule has 15 heavy (non-hydrogen) atoms. The molecule has 3 heteroatoms. The minimum absolute atomic E-state index is 0.0547. The van der Waals surface area contributed by atoms with E-state index in [1.807, 2.05) is 13.8 Å². The van der Waals surface area contributed by atoms with Crippen LogP contribution in [0.25, 0.3) is 0 Å². The normalized spacial score (nSPS) is 35.3. The number of likely N-dealkylation sites (tertiary alicyclic amines) is 1. The van der Waals surface area contributed by atoms with E-state index >= 15 is 0 Å². The van der Waals surface area contributed by atoms with Crippen molar-refractivity contribution in [3.63, 3.8) is 0 Å². The number of hydrogen-bond donors (Lipinski definition) is 1. The fraction of sp³-hybridized carbons (Fsp3) is 0.917. The van der Waals surface area contributed by atoms with Crippen LogP contribution in [-0.2, 0) is 4.79 Å². The van der Waals surface area contributed by atoms with Crippen LogP contribution < -0.4 is 0 Å².